The number of methoxy groups -OCH3 is 1. The van der Waals surface area contributed by atoms with Gasteiger partial charge in [0.25, 0.3) is 0 Å². The van der Waals surface area contributed by atoms with Crippen LogP contribution in [0.5, 0.6) is 11.5 Å². The second-order valence-electron chi connectivity index (χ2n) is 4.53. The van der Waals surface area contributed by atoms with Gasteiger partial charge in [0.05, 0.1) is 12.8 Å². The molecule has 0 saturated heterocycles. The fraction of sp³-hybridized carbons (Fsp3) is 0.235. The van der Waals surface area contributed by atoms with E-state index in [4.69, 9.17) is 14.7 Å². The molecule has 0 radical (unpaired) electrons. The van der Waals surface area contributed by atoms with Crippen molar-refractivity contribution in [1.82, 2.24) is 0 Å². The van der Waals surface area contributed by atoms with Crippen molar-refractivity contribution in [2.75, 3.05) is 7.11 Å². The van der Waals surface area contributed by atoms with E-state index in [9.17, 15) is 0 Å². The molecule has 0 amide bonds. The second-order valence-corrected chi connectivity index (χ2v) is 4.53. The van der Waals surface area contributed by atoms with E-state index in [1.165, 1.54) is 0 Å². The van der Waals surface area contributed by atoms with E-state index < -0.39 is 0 Å². The molecule has 0 bridgehead atoms. The summed E-state index contributed by atoms with van der Waals surface area (Å²) in [7, 11) is 1.64. The second kappa shape index (κ2) is 7.33. The standard InChI is InChI=1S/C17H19NO3/c1-3-16(18-19)15-6-4-5-7-17(15)21-12-13-8-10-14(20-2)11-9-13/h4-11,19H,3,12H2,1-2H3/b18-16+. The maximum Gasteiger partial charge on any atom is 0.128 e. The topological polar surface area (TPSA) is 51.1 Å². The van der Waals surface area contributed by atoms with Crippen molar-refractivity contribution >= 4 is 5.71 Å². The molecule has 110 valence electrons. The first-order valence-corrected chi connectivity index (χ1v) is 6.84. The van der Waals surface area contributed by atoms with E-state index in [0.717, 1.165) is 16.9 Å². The predicted octanol–water partition coefficient (Wildman–Crippen LogP) is 3.86. The van der Waals surface area contributed by atoms with Gasteiger partial charge >= 0.3 is 0 Å². The lowest BCUT2D eigenvalue weighted by atomic mass is 10.1. The third-order valence-electron chi connectivity index (χ3n) is 3.21. The van der Waals surface area contributed by atoms with Crippen LogP contribution in [0.3, 0.4) is 0 Å². The molecule has 0 unspecified atom stereocenters. The normalized spacial score (nSPS) is 11.2. The van der Waals surface area contributed by atoms with E-state index in [2.05, 4.69) is 5.16 Å². The molecule has 0 aliphatic carbocycles. The van der Waals surface area contributed by atoms with Gasteiger partial charge in [-0.2, -0.15) is 0 Å². The van der Waals surface area contributed by atoms with Crippen molar-refractivity contribution < 1.29 is 14.7 Å². The smallest absolute Gasteiger partial charge is 0.128 e. The maximum atomic E-state index is 9.07. The molecule has 4 nitrogen and oxygen atoms in total. The van der Waals surface area contributed by atoms with Crippen LogP contribution in [0, 0.1) is 0 Å². The molecule has 0 saturated carbocycles. The SMILES string of the molecule is CC/C(=N\O)c1ccccc1OCc1ccc(OC)cc1. The number of nitrogens with zero attached hydrogens (tertiary/aromatic N) is 1. The third kappa shape index (κ3) is 3.75. The largest absolute Gasteiger partial charge is 0.497 e. The van der Waals surface area contributed by atoms with Crippen molar-refractivity contribution in [2.45, 2.75) is 20.0 Å². The van der Waals surface area contributed by atoms with Crippen LogP contribution in [-0.2, 0) is 6.61 Å². The van der Waals surface area contributed by atoms with E-state index in [0.29, 0.717) is 24.5 Å². The van der Waals surface area contributed by atoms with Crippen molar-refractivity contribution in [2.24, 2.45) is 5.16 Å². The minimum Gasteiger partial charge on any atom is -0.497 e. The quantitative estimate of drug-likeness (QED) is 0.498. The first-order valence-electron chi connectivity index (χ1n) is 6.84. The Morgan fingerprint density at radius 2 is 1.81 bits per heavy atom. The highest BCUT2D eigenvalue weighted by atomic mass is 16.5. The number of rotatable bonds is 6. The average Bonchev–Trinajstić information content (AvgIpc) is 2.55. The fourth-order valence-corrected chi connectivity index (χ4v) is 2.03. The molecule has 0 fully saturated rings. The Bertz CT molecular complexity index is 606. The summed E-state index contributed by atoms with van der Waals surface area (Å²) < 4.78 is 11.0. The van der Waals surface area contributed by atoms with Crippen LogP contribution in [0.25, 0.3) is 0 Å². The molecular weight excluding hydrogens is 266 g/mol. The maximum absolute atomic E-state index is 9.07. The van der Waals surface area contributed by atoms with Crippen molar-refractivity contribution in [3.8, 4) is 11.5 Å². The third-order valence-corrected chi connectivity index (χ3v) is 3.21. The van der Waals surface area contributed by atoms with Crippen molar-refractivity contribution in [3.05, 3.63) is 59.7 Å². The average molecular weight is 285 g/mol. The Morgan fingerprint density at radius 3 is 2.43 bits per heavy atom. The van der Waals surface area contributed by atoms with Gasteiger partial charge in [0.2, 0.25) is 0 Å². The minimum atomic E-state index is 0.448. The van der Waals surface area contributed by atoms with Crippen molar-refractivity contribution in [1.29, 1.82) is 0 Å². The lowest BCUT2D eigenvalue weighted by Crippen LogP contribution is -2.04. The molecule has 2 rings (SSSR count). The zero-order valence-electron chi connectivity index (χ0n) is 12.2. The summed E-state index contributed by atoms with van der Waals surface area (Å²) in [5.74, 6) is 1.53. The summed E-state index contributed by atoms with van der Waals surface area (Å²) in [6.45, 7) is 2.39. The van der Waals surface area contributed by atoms with Crippen LogP contribution >= 0.6 is 0 Å². The van der Waals surface area contributed by atoms with Crippen LogP contribution in [0.2, 0.25) is 0 Å². The van der Waals surface area contributed by atoms with Crippen LogP contribution in [0.4, 0.5) is 0 Å². The molecule has 0 heterocycles. The van der Waals surface area contributed by atoms with Gasteiger partial charge in [-0.25, -0.2) is 0 Å². The van der Waals surface area contributed by atoms with Crippen LogP contribution in [-0.4, -0.2) is 18.0 Å². The van der Waals surface area contributed by atoms with Gasteiger partial charge in [-0.05, 0) is 36.2 Å². The number of oxime groups is 1. The summed E-state index contributed by atoms with van der Waals surface area (Å²) >= 11 is 0. The van der Waals surface area contributed by atoms with Gasteiger partial charge in [0.15, 0.2) is 0 Å². The van der Waals surface area contributed by atoms with Gasteiger partial charge in [-0.1, -0.05) is 36.3 Å². The summed E-state index contributed by atoms with van der Waals surface area (Å²) in [5.41, 5.74) is 2.47. The molecule has 4 heteroatoms. The summed E-state index contributed by atoms with van der Waals surface area (Å²) in [6, 6.07) is 15.3. The highest BCUT2D eigenvalue weighted by molar-refractivity contribution is 6.02. The predicted molar refractivity (Wildman–Crippen MR) is 82.4 cm³/mol. The summed E-state index contributed by atoms with van der Waals surface area (Å²) in [6.07, 6.45) is 0.638. The summed E-state index contributed by atoms with van der Waals surface area (Å²) in [5, 5.41) is 12.4. The fourth-order valence-electron chi connectivity index (χ4n) is 2.03. The van der Waals surface area contributed by atoms with Crippen molar-refractivity contribution in [3.63, 3.8) is 0 Å². The van der Waals surface area contributed by atoms with Crippen LogP contribution < -0.4 is 9.47 Å². The molecule has 0 aliphatic heterocycles. The number of benzene rings is 2. The highest BCUT2D eigenvalue weighted by Crippen LogP contribution is 2.22. The lowest BCUT2D eigenvalue weighted by molar-refractivity contribution is 0.303. The summed E-state index contributed by atoms with van der Waals surface area (Å²) in [4.78, 5) is 0. The Kier molecular flexibility index (Phi) is 5.21. The Balaban J connectivity index is 2.12. The minimum absolute atomic E-state index is 0.448. The molecule has 0 aliphatic rings. The molecule has 2 aromatic carbocycles. The van der Waals surface area contributed by atoms with E-state index in [1.807, 2.05) is 55.5 Å². The number of hydrogen-bond donors (Lipinski definition) is 1. The van der Waals surface area contributed by atoms with Crippen LogP contribution in [0.1, 0.15) is 24.5 Å². The van der Waals surface area contributed by atoms with Gasteiger partial charge < -0.3 is 14.7 Å². The first-order chi connectivity index (χ1) is 10.3. The van der Waals surface area contributed by atoms with E-state index in [-0.39, 0.29) is 0 Å². The number of para-hydroxylation sites is 1. The van der Waals surface area contributed by atoms with Crippen LogP contribution in [0.15, 0.2) is 53.7 Å². The van der Waals surface area contributed by atoms with E-state index >= 15 is 0 Å². The zero-order chi connectivity index (χ0) is 15.1. The highest BCUT2D eigenvalue weighted by Gasteiger charge is 2.09. The molecule has 0 spiro atoms. The Labute approximate surface area is 124 Å². The molecular formula is C17H19NO3. The molecule has 0 aromatic heterocycles. The number of ether oxygens (including phenoxy) is 2. The Hall–Kier alpha value is -2.49. The van der Waals surface area contributed by atoms with Gasteiger partial charge in [-0.3, -0.25) is 0 Å². The number of hydrogen-bond acceptors (Lipinski definition) is 4. The monoisotopic (exact) mass is 285 g/mol. The molecule has 2 aromatic rings. The van der Waals surface area contributed by atoms with Gasteiger partial charge in [0.1, 0.15) is 18.1 Å². The molecule has 0 atom stereocenters. The lowest BCUT2D eigenvalue weighted by Gasteiger charge is -2.12. The first kappa shape index (κ1) is 14.9. The zero-order valence-corrected chi connectivity index (χ0v) is 12.2. The van der Waals surface area contributed by atoms with Gasteiger partial charge in [-0.15, -0.1) is 0 Å². The van der Waals surface area contributed by atoms with E-state index in [1.54, 1.807) is 7.11 Å². The Morgan fingerprint density at radius 1 is 1.10 bits per heavy atom. The molecule has 21 heavy (non-hydrogen) atoms. The molecule has 1 N–H and O–H groups in total. The van der Waals surface area contributed by atoms with Gasteiger partial charge in [0, 0.05) is 5.56 Å².